The predicted octanol–water partition coefficient (Wildman–Crippen LogP) is 2.24. The zero-order valence-electron chi connectivity index (χ0n) is 2.74. The molecule has 0 aromatic carbocycles. The van der Waals surface area contributed by atoms with Gasteiger partial charge < -0.3 is 0 Å². The van der Waals surface area contributed by atoms with Crippen molar-refractivity contribution in [1.29, 1.82) is 0 Å². The Morgan fingerprint density at radius 2 is 1.83 bits per heavy atom. The second kappa shape index (κ2) is 4.33. The van der Waals surface area contributed by atoms with Crippen LogP contribution in [0.25, 0.3) is 0 Å². The average molecular weight is 207 g/mol. The van der Waals surface area contributed by atoms with E-state index in [1.165, 1.54) is 5.54 Å². The summed E-state index contributed by atoms with van der Waals surface area (Å²) in [6, 6.07) is 0. The van der Waals surface area contributed by atoms with Gasteiger partial charge in [0.15, 0.2) is 0 Å². The molecular formula is C2H2AsCl3. The molecule has 0 N–H and O–H groups in total. The first-order valence-electron chi connectivity index (χ1n) is 1.15. The van der Waals surface area contributed by atoms with Gasteiger partial charge in [0.1, 0.15) is 0 Å². The molecule has 0 unspecified atom stereocenters. The van der Waals surface area contributed by atoms with Gasteiger partial charge in [-0.25, -0.2) is 0 Å². The first-order chi connectivity index (χ1) is 2.77. The van der Waals surface area contributed by atoms with Crippen LogP contribution >= 0.6 is 31.5 Å². The van der Waals surface area contributed by atoms with E-state index in [1.807, 2.05) is 0 Å². The Labute approximate surface area is 54.6 Å². The molecule has 0 aromatic rings. The van der Waals surface area contributed by atoms with Crippen LogP contribution in [0.4, 0.5) is 0 Å². The second-order valence-electron chi connectivity index (χ2n) is 0.534. The molecule has 0 aromatic heterocycles. The van der Waals surface area contributed by atoms with E-state index in [4.69, 9.17) is 31.5 Å². The van der Waals surface area contributed by atoms with Gasteiger partial charge in [-0.2, -0.15) is 0 Å². The first-order valence-corrected chi connectivity index (χ1v) is 7.60. The van der Waals surface area contributed by atoms with E-state index in [0.29, 0.717) is 0 Å². The Hall–Kier alpha value is 1.17. The minimum atomic E-state index is -1.59. The van der Waals surface area contributed by atoms with Crippen molar-refractivity contribution < 1.29 is 0 Å². The third kappa shape index (κ3) is 5.17. The van der Waals surface area contributed by atoms with E-state index in [1.54, 1.807) is 4.86 Å². The summed E-state index contributed by atoms with van der Waals surface area (Å²) in [4.78, 5) is 1.61. The molecule has 0 bridgehead atoms. The zero-order chi connectivity index (χ0) is 4.99. The van der Waals surface area contributed by atoms with Crippen LogP contribution in [0.1, 0.15) is 0 Å². The maximum absolute atomic E-state index is 5.32. The molecule has 0 atom stereocenters. The summed E-state index contributed by atoms with van der Waals surface area (Å²) in [7, 11) is 10.6. The SMILES string of the molecule is ClC=C[As](Cl)Cl. The summed E-state index contributed by atoms with van der Waals surface area (Å²) in [5.74, 6) is 0. The monoisotopic (exact) mass is 206 g/mol. The standard InChI is InChI=1S/C2H2AsCl3/c4-2-1-3(5)6/h1-2H. The molecule has 0 saturated heterocycles. The predicted molar refractivity (Wildman–Crippen MR) is 32.5 cm³/mol. The van der Waals surface area contributed by atoms with Crippen molar-refractivity contribution in [3.05, 3.63) is 10.4 Å². The van der Waals surface area contributed by atoms with Crippen molar-refractivity contribution in [2.24, 2.45) is 0 Å². The van der Waals surface area contributed by atoms with Gasteiger partial charge >= 0.3 is 54.7 Å². The number of halogens is 3. The molecule has 0 spiro atoms. The Morgan fingerprint density at radius 3 is 1.83 bits per heavy atom. The molecule has 0 aliphatic rings. The van der Waals surface area contributed by atoms with Crippen molar-refractivity contribution in [2.75, 3.05) is 0 Å². The van der Waals surface area contributed by atoms with Crippen molar-refractivity contribution >= 4 is 44.3 Å². The molecule has 0 aliphatic heterocycles. The fourth-order valence-corrected chi connectivity index (χ4v) is 1.99. The van der Waals surface area contributed by atoms with Gasteiger partial charge in [-0.1, -0.05) is 0 Å². The van der Waals surface area contributed by atoms with E-state index >= 15 is 0 Å². The number of rotatable bonds is 1. The van der Waals surface area contributed by atoms with Crippen molar-refractivity contribution in [2.45, 2.75) is 0 Å². The summed E-state index contributed by atoms with van der Waals surface area (Å²) in [5, 5.41) is 0. The Morgan fingerprint density at radius 1 is 1.33 bits per heavy atom. The van der Waals surface area contributed by atoms with Crippen LogP contribution in [-0.4, -0.2) is 12.8 Å². The van der Waals surface area contributed by atoms with E-state index in [9.17, 15) is 0 Å². The third-order valence-corrected chi connectivity index (χ3v) is 2.63. The molecule has 36 valence electrons. The summed E-state index contributed by atoms with van der Waals surface area (Å²) in [6.45, 7) is 0. The quantitative estimate of drug-likeness (QED) is 0.578. The van der Waals surface area contributed by atoms with Crippen molar-refractivity contribution in [3.63, 3.8) is 0 Å². The van der Waals surface area contributed by atoms with Gasteiger partial charge in [-0.3, -0.25) is 0 Å². The van der Waals surface area contributed by atoms with Gasteiger partial charge in [0.2, 0.25) is 0 Å². The van der Waals surface area contributed by atoms with E-state index in [0.717, 1.165) is 0 Å². The van der Waals surface area contributed by atoms with Crippen molar-refractivity contribution in [3.8, 4) is 0 Å². The summed E-state index contributed by atoms with van der Waals surface area (Å²) in [5.41, 5.74) is 1.35. The molecule has 0 aliphatic carbocycles. The van der Waals surface area contributed by atoms with Gasteiger partial charge in [0.05, 0.1) is 0 Å². The average Bonchev–Trinajstić information content (AvgIpc) is 1.35. The molecule has 0 nitrogen and oxygen atoms in total. The van der Waals surface area contributed by atoms with Crippen LogP contribution in [-0.2, 0) is 0 Å². The van der Waals surface area contributed by atoms with E-state index < -0.39 is 12.8 Å². The summed E-state index contributed by atoms with van der Waals surface area (Å²) in [6.07, 6.45) is 0. The van der Waals surface area contributed by atoms with E-state index in [-0.39, 0.29) is 0 Å². The maximum atomic E-state index is 5.32. The fourth-order valence-electron chi connectivity index (χ4n) is 0.0426. The molecular weight excluding hydrogens is 205 g/mol. The summed E-state index contributed by atoms with van der Waals surface area (Å²) < 4.78 is 0. The second-order valence-corrected chi connectivity index (χ2v) is 7.18. The third-order valence-electron chi connectivity index (χ3n) is 0.169. The van der Waals surface area contributed by atoms with Gasteiger partial charge in [0, 0.05) is 0 Å². The van der Waals surface area contributed by atoms with Crippen LogP contribution in [0.3, 0.4) is 0 Å². The van der Waals surface area contributed by atoms with Gasteiger partial charge in [-0.15, -0.1) is 0 Å². The molecule has 0 rings (SSSR count). The van der Waals surface area contributed by atoms with Crippen LogP contribution in [0.2, 0.25) is 0 Å². The Balaban J connectivity index is 3.03. The van der Waals surface area contributed by atoms with Crippen LogP contribution < -0.4 is 0 Å². The van der Waals surface area contributed by atoms with Crippen LogP contribution in [0, 0.1) is 0 Å². The van der Waals surface area contributed by atoms with Crippen LogP contribution in [0.5, 0.6) is 0 Å². The van der Waals surface area contributed by atoms with E-state index in [2.05, 4.69) is 0 Å². The fraction of sp³-hybridized carbons (Fsp3) is 0. The molecule has 0 amide bonds. The van der Waals surface area contributed by atoms with Gasteiger partial charge in [-0.05, 0) is 0 Å². The first kappa shape index (κ1) is 7.17. The van der Waals surface area contributed by atoms with Gasteiger partial charge in [0.25, 0.3) is 0 Å². The topological polar surface area (TPSA) is 0 Å². The molecule has 0 radical (unpaired) electrons. The number of hydrogen-bond donors (Lipinski definition) is 0. The minimum absolute atomic E-state index is 1.35. The Bertz CT molecular complexity index is 50.8. The molecule has 4 heteroatoms. The normalized spacial score (nSPS) is 11.3. The number of hydrogen-bond acceptors (Lipinski definition) is 0. The van der Waals surface area contributed by atoms with Crippen molar-refractivity contribution in [1.82, 2.24) is 0 Å². The summed E-state index contributed by atoms with van der Waals surface area (Å²) >= 11 is 3.49. The molecule has 6 heavy (non-hydrogen) atoms. The molecule has 0 fully saturated rings. The van der Waals surface area contributed by atoms with Crippen LogP contribution in [0.15, 0.2) is 10.4 Å². The zero-order valence-corrected chi connectivity index (χ0v) is 6.88. The molecule has 0 saturated carbocycles. The Kier molecular flexibility index (Phi) is 5.17. The molecule has 0 heterocycles.